The molecule has 0 aliphatic carbocycles. The maximum atomic E-state index is 12.4. The van der Waals surface area contributed by atoms with Gasteiger partial charge in [0, 0.05) is 6.54 Å². The highest BCUT2D eigenvalue weighted by atomic mass is 35.5. The first-order valence-corrected chi connectivity index (χ1v) is 6.99. The number of halogens is 1. The van der Waals surface area contributed by atoms with Crippen LogP contribution in [-0.2, 0) is 9.53 Å². The van der Waals surface area contributed by atoms with Gasteiger partial charge in [-0.3, -0.25) is 4.79 Å². The summed E-state index contributed by atoms with van der Waals surface area (Å²) in [5.74, 6) is -0.241. The summed E-state index contributed by atoms with van der Waals surface area (Å²) in [5, 5.41) is 3.12. The van der Waals surface area contributed by atoms with Crippen molar-refractivity contribution in [2.24, 2.45) is 5.73 Å². The molecule has 2 heterocycles. The molecule has 4 unspecified atom stereocenters. The summed E-state index contributed by atoms with van der Waals surface area (Å²) in [6, 6.07) is 9.89. The molecule has 2 aliphatic rings. The van der Waals surface area contributed by atoms with E-state index in [1.165, 1.54) is 0 Å². The van der Waals surface area contributed by atoms with Gasteiger partial charge in [-0.15, -0.1) is 12.4 Å². The third-order valence-corrected chi connectivity index (χ3v) is 4.19. The van der Waals surface area contributed by atoms with Gasteiger partial charge in [0.15, 0.2) is 0 Å². The SMILES string of the molecule is Cl.NCC(C(=O)NC1CC2CCC1O2)c1ccccc1. The van der Waals surface area contributed by atoms with Gasteiger partial charge in [0.1, 0.15) is 0 Å². The van der Waals surface area contributed by atoms with Crippen LogP contribution >= 0.6 is 12.4 Å². The number of rotatable bonds is 4. The summed E-state index contributed by atoms with van der Waals surface area (Å²) >= 11 is 0. The Kier molecular flexibility index (Phi) is 5.02. The quantitative estimate of drug-likeness (QED) is 0.887. The molecule has 0 radical (unpaired) electrons. The average molecular weight is 297 g/mol. The van der Waals surface area contributed by atoms with Crippen LogP contribution in [0.2, 0.25) is 0 Å². The van der Waals surface area contributed by atoms with E-state index in [0.29, 0.717) is 12.6 Å². The number of benzene rings is 1. The number of nitrogens with two attached hydrogens (primary N) is 1. The summed E-state index contributed by atoms with van der Waals surface area (Å²) in [7, 11) is 0. The zero-order valence-corrected chi connectivity index (χ0v) is 12.1. The minimum atomic E-state index is -0.264. The molecule has 3 N–H and O–H groups in total. The molecule has 110 valence electrons. The number of carbonyl (C=O) groups is 1. The van der Waals surface area contributed by atoms with Gasteiger partial charge in [-0.05, 0) is 24.8 Å². The Labute approximate surface area is 125 Å². The van der Waals surface area contributed by atoms with Crippen LogP contribution in [0.25, 0.3) is 0 Å². The summed E-state index contributed by atoms with van der Waals surface area (Å²) < 4.78 is 5.76. The van der Waals surface area contributed by atoms with Crippen LogP contribution in [0.3, 0.4) is 0 Å². The second kappa shape index (κ2) is 6.57. The second-order valence-corrected chi connectivity index (χ2v) is 5.42. The van der Waals surface area contributed by atoms with Crippen molar-refractivity contribution in [2.45, 2.75) is 43.4 Å². The molecule has 20 heavy (non-hydrogen) atoms. The van der Waals surface area contributed by atoms with Crippen molar-refractivity contribution >= 4 is 18.3 Å². The number of fused-ring (bicyclic) bond motifs is 2. The Morgan fingerprint density at radius 1 is 1.35 bits per heavy atom. The van der Waals surface area contributed by atoms with Crippen molar-refractivity contribution in [2.75, 3.05) is 6.54 Å². The smallest absolute Gasteiger partial charge is 0.229 e. The molecule has 2 saturated heterocycles. The molecule has 0 spiro atoms. The van der Waals surface area contributed by atoms with Crippen molar-refractivity contribution in [3.05, 3.63) is 35.9 Å². The van der Waals surface area contributed by atoms with E-state index < -0.39 is 0 Å². The topological polar surface area (TPSA) is 64.4 Å². The predicted octanol–water partition coefficient (Wildman–Crippen LogP) is 1.59. The highest BCUT2D eigenvalue weighted by molar-refractivity contribution is 5.85. The standard InChI is InChI=1S/C15H20N2O2.ClH/c16-9-12(10-4-2-1-3-5-10)15(18)17-13-8-11-6-7-14(13)19-11;/h1-5,11-14H,6-9,16H2,(H,17,18);1H. The van der Waals surface area contributed by atoms with Gasteiger partial charge in [0.2, 0.25) is 5.91 Å². The summed E-state index contributed by atoms with van der Waals surface area (Å²) in [5.41, 5.74) is 6.74. The minimum absolute atomic E-state index is 0. The first-order valence-electron chi connectivity index (χ1n) is 6.99. The zero-order chi connectivity index (χ0) is 13.2. The highest BCUT2D eigenvalue weighted by Crippen LogP contribution is 2.34. The molecular weight excluding hydrogens is 276 g/mol. The van der Waals surface area contributed by atoms with Gasteiger partial charge in [0.05, 0.1) is 24.2 Å². The summed E-state index contributed by atoms with van der Waals surface area (Å²) in [4.78, 5) is 12.4. The van der Waals surface area contributed by atoms with Crippen LogP contribution < -0.4 is 11.1 Å². The fourth-order valence-electron chi connectivity index (χ4n) is 3.15. The Balaban J connectivity index is 0.00000147. The fourth-order valence-corrected chi connectivity index (χ4v) is 3.15. The number of hydrogen-bond acceptors (Lipinski definition) is 3. The van der Waals surface area contributed by atoms with Crippen molar-refractivity contribution in [3.63, 3.8) is 0 Å². The number of ether oxygens (including phenoxy) is 1. The maximum Gasteiger partial charge on any atom is 0.229 e. The largest absolute Gasteiger partial charge is 0.373 e. The maximum absolute atomic E-state index is 12.4. The van der Waals surface area contributed by atoms with Crippen molar-refractivity contribution in [3.8, 4) is 0 Å². The number of nitrogens with one attached hydrogen (secondary N) is 1. The lowest BCUT2D eigenvalue weighted by atomic mass is 9.93. The van der Waals surface area contributed by atoms with Gasteiger partial charge in [-0.1, -0.05) is 30.3 Å². The number of hydrogen-bond donors (Lipinski definition) is 2. The van der Waals surface area contributed by atoms with Gasteiger partial charge < -0.3 is 15.8 Å². The van der Waals surface area contributed by atoms with E-state index in [2.05, 4.69) is 5.32 Å². The molecule has 1 aromatic carbocycles. The highest BCUT2D eigenvalue weighted by Gasteiger charge is 2.41. The normalized spacial score (nSPS) is 28.8. The number of amides is 1. The van der Waals surface area contributed by atoms with E-state index in [1.54, 1.807) is 0 Å². The lowest BCUT2D eigenvalue weighted by Crippen LogP contribution is -2.44. The third-order valence-electron chi connectivity index (χ3n) is 4.19. The Hall–Kier alpha value is -1.10. The molecule has 2 bridgehead atoms. The Morgan fingerprint density at radius 3 is 2.65 bits per heavy atom. The van der Waals surface area contributed by atoms with E-state index in [4.69, 9.17) is 10.5 Å². The van der Waals surface area contributed by atoms with Crippen LogP contribution in [0.1, 0.15) is 30.7 Å². The molecule has 0 aromatic heterocycles. The predicted molar refractivity (Wildman–Crippen MR) is 79.9 cm³/mol. The summed E-state index contributed by atoms with van der Waals surface area (Å²) in [6.07, 6.45) is 3.71. The van der Waals surface area contributed by atoms with Crippen molar-refractivity contribution in [1.29, 1.82) is 0 Å². The average Bonchev–Trinajstić information content (AvgIpc) is 3.03. The van der Waals surface area contributed by atoms with Crippen LogP contribution in [0.15, 0.2) is 30.3 Å². The van der Waals surface area contributed by atoms with E-state index in [9.17, 15) is 4.79 Å². The first kappa shape index (κ1) is 15.3. The molecule has 4 atom stereocenters. The molecule has 2 aliphatic heterocycles. The van der Waals surface area contributed by atoms with Crippen molar-refractivity contribution in [1.82, 2.24) is 5.32 Å². The summed E-state index contributed by atoms with van der Waals surface area (Å²) in [6.45, 7) is 0.331. The zero-order valence-electron chi connectivity index (χ0n) is 11.3. The molecule has 0 saturated carbocycles. The fraction of sp³-hybridized carbons (Fsp3) is 0.533. The molecule has 1 amide bonds. The molecule has 5 heteroatoms. The van der Waals surface area contributed by atoms with E-state index in [-0.39, 0.29) is 36.4 Å². The first-order chi connectivity index (χ1) is 9.28. The van der Waals surface area contributed by atoms with Gasteiger partial charge in [0.25, 0.3) is 0 Å². The van der Waals surface area contributed by atoms with Crippen molar-refractivity contribution < 1.29 is 9.53 Å². The molecule has 3 rings (SSSR count). The van der Waals surface area contributed by atoms with Crippen LogP contribution in [0.4, 0.5) is 0 Å². The van der Waals surface area contributed by atoms with E-state index >= 15 is 0 Å². The Bertz CT molecular complexity index is 454. The van der Waals surface area contributed by atoms with Gasteiger partial charge in [-0.25, -0.2) is 0 Å². The van der Waals surface area contributed by atoms with Gasteiger partial charge >= 0.3 is 0 Å². The van der Waals surface area contributed by atoms with Crippen LogP contribution in [-0.4, -0.2) is 30.7 Å². The molecular formula is C15H21ClN2O2. The van der Waals surface area contributed by atoms with Crippen LogP contribution in [0, 0.1) is 0 Å². The monoisotopic (exact) mass is 296 g/mol. The third kappa shape index (κ3) is 2.97. The molecule has 4 nitrogen and oxygen atoms in total. The molecule has 2 fully saturated rings. The second-order valence-electron chi connectivity index (χ2n) is 5.42. The van der Waals surface area contributed by atoms with Crippen LogP contribution in [0.5, 0.6) is 0 Å². The Morgan fingerprint density at radius 2 is 2.10 bits per heavy atom. The minimum Gasteiger partial charge on any atom is -0.373 e. The van der Waals surface area contributed by atoms with Gasteiger partial charge in [-0.2, -0.15) is 0 Å². The van der Waals surface area contributed by atoms with E-state index in [0.717, 1.165) is 24.8 Å². The van der Waals surface area contributed by atoms with E-state index in [1.807, 2.05) is 30.3 Å². The lowest BCUT2D eigenvalue weighted by Gasteiger charge is -2.23. The molecule has 1 aromatic rings. The lowest BCUT2D eigenvalue weighted by molar-refractivity contribution is -0.123. The number of carbonyl (C=O) groups excluding carboxylic acids is 1.